The molecule has 0 radical (unpaired) electrons. The van der Waals surface area contributed by atoms with E-state index in [-0.39, 0.29) is 6.04 Å². The minimum Gasteiger partial charge on any atom is -0.305 e. The van der Waals surface area contributed by atoms with E-state index < -0.39 is 0 Å². The molecule has 1 aromatic heterocycles. The molecule has 1 N–H and O–H groups in total. The van der Waals surface area contributed by atoms with Gasteiger partial charge in [-0.15, -0.1) is 5.10 Å². The first kappa shape index (κ1) is 15.5. The van der Waals surface area contributed by atoms with E-state index in [2.05, 4.69) is 50.6 Å². The van der Waals surface area contributed by atoms with Gasteiger partial charge in [0.25, 0.3) is 0 Å². The Morgan fingerprint density at radius 1 is 1.45 bits per heavy atom. The van der Waals surface area contributed by atoms with Gasteiger partial charge in [-0.2, -0.15) is 0 Å². The standard InChI is InChI=1S/C14H18BrClN4/c1-4-7-17-12(13-14(15)18-19-20(13)3)10-6-5-9(2)8-11(10)16/h5-6,8,12,17H,4,7H2,1-3H3. The predicted molar refractivity (Wildman–Crippen MR) is 85.0 cm³/mol. The molecule has 0 aliphatic carbocycles. The number of hydrogen-bond donors (Lipinski definition) is 1. The average molecular weight is 358 g/mol. The highest BCUT2D eigenvalue weighted by Gasteiger charge is 2.23. The molecule has 20 heavy (non-hydrogen) atoms. The van der Waals surface area contributed by atoms with Crippen LogP contribution in [0, 0.1) is 6.92 Å². The highest BCUT2D eigenvalue weighted by Crippen LogP contribution is 2.31. The summed E-state index contributed by atoms with van der Waals surface area (Å²) < 4.78 is 2.51. The largest absolute Gasteiger partial charge is 0.305 e. The fourth-order valence-electron chi connectivity index (χ4n) is 2.15. The normalized spacial score (nSPS) is 12.7. The maximum atomic E-state index is 6.42. The van der Waals surface area contributed by atoms with Crippen molar-refractivity contribution in [3.63, 3.8) is 0 Å². The molecule has 1 aromatic carbocycles. The van der Waals surface area contributed by atoms with Crippen LogP contribution < -0.4 is 5.32 Å². The van der Waals surface area contributed by atoms with Crippen LogP contribution in [0.1, 0.15) is 36.2 Å². The zero-order valence-corrected chi connectivity index (χ0v) is 14.2. The van der Waals surface area contributed by atoms with Crippen molar-refractivity contribution < 1.29 is 0 Å². The van der Waals surface area contributed by atoms with Gasteiger partial charge in [0, 0.05) is 12.1 Å². The second-order valence-electron chi connectivity index (χ2n) is 4.80. The summed E-state index contributed by atoms with van der Waals surface area (Å²) in [5.41, 5.74) is 3.16. The molecular formula is C14H18BrClN4. The molecule has 0 amide bonds. The Morgan fingerprint density at radius 2 is 2.20 bits per heavy atom. The number of aromatic nitrogens is 3. The van der Waals surface area contributed by atoms with Crippen LogP contribution in [0.2, 0.25) is 5.02 Å². The zero-order valence-electron chi connectivity index (χ0n) is 11.8. The maximum Gasteiger partial charge on any atom is 0.153 e. The van der Waals surface area contributed by atoms with Crippen molar-refractivity contribution in [3.8, 4) is 0 Å². The van der Waals surface area contributed by atoms with Crippen LogP contribution in [0.15, 0.2) is 22.8 Å². The van der Waals surface area contributed by atoms with Gasteiger partial charge in [-0.05, 0) is 53.0 Å². The van der Waals surface area contributed by atoms with Crippen molar-refractivity contribution in [1.82, 2.24) is 20.3 Å². The molecule has 2 rings (SSSR count). The molecule has 0 bridgehead atoms. The summed E-state index contributed by atoms with van der Waals surface area (Å²) in [5, 5.41) is 12.4. The summed E-state index contributed by atoms with van der Waals surface area (Å²) in [5.74, 6) is 0. The lowest BCUT2D eigenvalue weighted by atomic mass is 10.0. The fraction of sp³-hybridized carbons (Fsp3) is 0.429. The number of halogens is 2. The minimum absolute atomic E-state index is 0.0302. The Labute approximate surface area is 132 Å². The topological polar surface area (TPSA) is 42.7 Å². The van der Waals surface area contributed by atoms with Crippen LogP contribution in [0.25, 0.3) is 0 Å². The zero-order chi connectivity index (χ0) is 14.7. The molecular weight excluding hydrogens is 340 g/mol. The summed E-state index contributed by atoms with van der Waals surface area (Å²) in [4.78, 5) is 0. The molecule has 2 aromatic rings. The van der Waals surface area contributed by atoms with E-state index >= 15 is 0 Å². The molecule has 108 valence electrons. The van der Waals surface area contributed by atoms with Crippen LogP contribution in [0.4, 0.5) is 0 Å². The number of hydrogen-bond acceptors (Lipinski definition) is 3. The molecule has 0 saturated carbocycles. The van der Waals surface area contributed by atoms with E-state index in [0.29, 0.717) is 0 Å². The average Bonchev–Trinajstić information content (AvgIpc) is 2.72. The van der Waals surface area contributed by atoms with Crippen LogP contribution >= 0.6 is 27.5 Å². The lowest BCUT2D eigenvalue weighted by Gasteiger charge is -2.20. The number of nitrogens with one attached hydrogen (secondary N) is 1. The second kappa shape index (κ2) is 6.70. The van der Waals surface area contributed by atoms with E-state index in [1.54, 1.807) is 4.68 Å². The SMILES string of the molecule is CCCNC(c1ccc(C)cc1Cl)c1c(Br)nnn1C. The van der Waals surface area contributed by atoms with Crippen molar-refractivity contribution in [1.29, 1.82) is 0 Å². The van der Waals surface area contributed by atoms with Crippen molar-refractivity contribution in [3.05, 3.63) is 44.6 Å². The van der Waals surface area contributed by atoms with Gasteiger partial charge in [-0.25, -0.2) is 4.68 Å². The summed E-state index contributed by atoms with van der Waals surface area (Å²) in [6.45, 7) is 5.07. The van der Waals surface area contributed by atoms with Crippen molar-refractivity contribution in [2.75, 3.05) is 6.54 Å². The highest BCUT2D eigenvalue weighted by atomic mass is 79.9. The molecule has 0 spiro atoms. The Hall–Kier alpha value is -0.910. The molecule has 0 fully saturated rings. The summed E-state index contributed by atoms with van der Waals surface area (Å²) in [7, 11) is 1.88. The van der Waals surface area contributed by atoms with Gasteiger partial charge >= 0.3 is 0 Å². The number of aryl methyl sites for hydroxylation is 2. The molecule has 1 unspecified atom stereocenters. The lowest BCUT2D eigenvalue weighted by molar-refractivity contribution is 0.549. The van der Waals surface area contributed by atoms with Gasteiger partial charge in [0.05, 0.1) is 11.7 Å². The smallest absolute Gasteiger partial charge is 0.153 e. The molecule has 1 atom stereocenters. The Kier molecular flexibility index (Phi) is 5.18. The number of nitrogens with zero attached hydrogens (tertiary/aromatic N) is 3. The molecule has 0 aliphatic rings. The Bertz CT molecular complexity index is 577. The minimum atomic E-state index is -0.0302. The lowest BCUT2D eigenvalue weighted by Crippen LogP contribution is -2.26. The van der Waals surface area contributed by atoms with E-state index in [4.69, 9.17) is 11.6 Å². The Morgan fingerprint density at radius 3 is 2.75 bits per heavy atom. The second-order valence-corrected chi connectivity index (χ2v) is 5.96. The third-order valence-electron chi connectivity index (χ3n) is 3.17. The van der Waals surface area contributed by atoms with Gasteiger partial charge in [0.2, 0.25) is 0 Å². The van der Waals surface area contributed by atoms with Gasteiger partial charge in [0.15, 0.2) is 4.60 Å². The van der Waals surface area contributed by atoms with Crippen LogP contribution in [0.5, 0.6) is 0 Å². The summed E-state index contributed by atoms with van der Waals surface area (Å²) in [6.07, 6.45) is 1.04. The number of benzene rings is 1. The van der Waals surface area contributed by atoms with Gasteiger partial charge in [-0.1, -0.05) is 35.9 Å². The first-order valence-electron chi connectivity index (χ1n) is 6.59. The summed E-state index contributed by atoms with van der Waals surface area (Å²) >= 11 is 9.89. The summed E-state index contributed by atoms with van der Waals surface area (Å²) in [6, 6.07) is 6.08. The monoisotopic (exact) mass is 356 g/mol. The molecule has 0 aliphatic heterocycles. The molecule has 6 heteroatoms. The molecule has 0 saturated heterocycles. The first-order valence-corrected chi connectivity index (χ1v) is 7.76. The van der Waals surface area contributed by atoms with E-state index in [1.807, 2.05) is 20.0 Å². The van der Waals surface area contributed by atoms with Gasteiger partial charge < -0.3 is 5.32 Å². The van der Waals surface area contributed by atoms with Crippen LogP contribution in [-0.2, 0) is 7.05 Å². The molecule has 4 nitrogen and oxygen atoms in total. The number of rotatable bonds is 5. The van der Waals surface area contributed by atoms with Gasteiger partial charge in [0.1, 0.15) is 0 Å². The van der Waals surface area contributed by atoms with Crippen molar-refractivity contribution in [2.24, 2.45) is 7.05 Å². The Balaban J connectivity index is 2.47. The van der Waals surface area contributed by atoms with E-state index in [9.17, 15) is 0 Å². The molecule has 1 heterocycles. The third kappa shape index (κ3) is 3.22. The van der Waals surface area contributed by atoms with Crippen LogP contribution in [0.3, 0.4) is 0 Å². The predicted octanol–water partition coefficient (Wildman–Crippen LogP) is 3.63. The van der Waals surface area contributed by atoms with Crippen molar-refractivity contribution >= 4 is 27.5 Å². The van der Waals surface area contributed by atoms with E-state index in [1.165, 1.54) is 0 Å². The van der Waals surface area contributed by atoms with Gasteiger partial charge in [-0.3, -0.25) is 0 Å². The third-order valence-corrected chi connectivity index (χ3v) is 4.06. The quantitative estimate of drug-likeness (QED) is 0.888. The maximum absolute atomic E-state index is 6.42. The van der Waals surface area contributed by atoms with Crippen molar-refractivity contribution in [2.45, 2.75) is 26.3 Å². The van der Waals surface area contributed by atoms with Crippen LogP contribution in [-0.4, -0.2) is 21.5 Å². The van der Waals surface area contributed by atoms with E-state index in [0.717, 1.165) is 39.4 Å². The highest BCUT2D eigenvalue weighted by molar-refractivity contribution is 9.10. The first-order chi connectivity index (χ1) is 9.54. The fourth-order valence-corrected chi connectivity index (χ4v) is 3.05.